The van der Waals surface area contributed by atoms with Crippen LogP contribution in [0.1, 0.15) is 13.3 Å². The molecule has 0 aromatic heterocycles. The molecule has 1 aliphatic heterocycles. The Balaban J connectivity index is 2.04. The van der Waals surface area contributed by atoms with Gasteiger partial charge in [-0.15, -0.1) is 0 Å². The molecule has 0 saturated carbocycles. The van der Waals surface area contributed by atoms with Crippen molar-refractivity contribution in [2.24, 2.45) is 5.11 Å². The lowest BCUT2D eigenvalue weighted by Crippen LogP contribution is -2.44. The van der Waals surface area contributed by atoms with Crippen LogP contribution < -0.4 is 0 Å². The lowest BCUT2D eigenvalue weighted by atomic mass is 10.0. The fraction of sp³-hybridized carbons (Fsp3) is 0.500. The summed E-state index contributed by atoms with van der Waals surface area (Å²) in [5.74, 6) is 0. The molecule has 0 spiro atoms. The summed E-state index contributed by atoms with van der Waals surface area (Å²) in [6.45, 7) is 1.79. The Bertz CT molecular complexity index is 436. The first kappa shape index (κ1) is 13.2. The molecule has 1 N–H and O–H groups in total. The molecule has 96 valence electrons. The van der Waals surface area contributed by atoms with Crippen LogP contribution in [0.4, 0.5) is 0 Å². The summed E-state index contributed by atoms with van der Waals surface area (Å²) in [7, 11) is 0. The molecule has 1 fully saturated rings. The molecule has 1 aromatic rings. The third kappa shape index (κ3) is 3.17. The van der Waals surface area contributed by atoms with Crippen molar-refractivity contribution in [1.82, 2.24) is 0 Å². The molecule has 0 radical (unpaired) electrons. The maximum Gasteiger partial charge on any atom is 0.108 e. The molecule has 1 aliphatic rings. The van der Waals surface area contributed by atoms with E-state index in [2.05, 4.69) is 10.0 Å². The van der Waals surface area contributed by atoms with Crippen LogP contribution in [0.2, 0.25) is 0 Å². The van der Waals surface area contributed by atoms with Gasteiger partial charge in [0, 0.05) is 9.81 Å². The predicted molar refractivity (Wildman–Crippen MR) is 70.2 cm³/mol. The van der Waals surface area contributed by atoms with Crippen LogP contribution in [-0.2, 0) is 4.74 Å². The normalized spacial score (nSPS) is 31.7. The van der Waals surface area contributed by atoms with Gasteiger partial charge >= 0.3 is 0 Å². The lowest BCUT2D eigenvalue weighted by molar-refractivity contribution is -0.0866. The van der Waals surface area contributed by atoms with Crippen molar-refractivity contribution in [3.8, 4) is 0 Å². The van der Waals surface area contributed by atoms with Gasteiger partial charge in [-0.05, 0) is 31.0 Å². The molecule has 0 unspecified atom stereocenters. The second-order valence-corrected chi connectivity index (χ2v) is 5.43. The van der Waals surface area contributed by atoms with Gasteiger partial charge in [-0.2, -0.15) is 0 Å². The van der Waals surface area contributed by atoms with Crippen molar-refractivity contribution in [3.63, 3.8) is 0 Å². The molecular formula is C12H15N3O2S. The van der Waals surface area contributed by atoms with Gasteiger partial charge in [0.25, 0.3) is 0 Å². The van der Waals surface area contributed by atoms with Gasteiger partial charge < -0.3 is 9.84 Å². The number of nitrogens with zero attached hydrogens (tertiary/aromatic N) is 3. The van der Waals surface area contributed by atoms with E-state index in [1.807, 2.05) is 30.3 Å². The Morgan fingerprint density at radius 3 is 2.83 bits per heavy atom. The Labute approximate surface area is 110 Å². The van der Waals surface area contributed by atoms with Gasteiger partial charge in [-0.1, -0.05) is 35.1 Å². The summed E-state index contributed by atoms with van der Waals surface area (Å²) in [6, 6.07) is 9.49. The van der Waals surface area contributed by atoms with E-state index in [4.69, 9.17) is 10.3 Å². The number of azide groups is 1. The first-order valence-corrected chi connectivity index (χ1v) is 6.68. The number of aliphatic hydroxyl groups is 1. The average Bonchev–Trinajstić information content (AvgIpc) is 2.37. The Kier molecular flexibility index (Phi) is 4.49. The molecule has 0 aliphatic carbocycles. The SMILES string of the molecule is C[C@H]1O[C@@H](Sc2ccccc2)C[C@H](N=[N+]=[N-])[C@H]1O. The van der Waals surface area contributed by atoms with Crippen molar-refractivity contribution in [1.29, 1.82) is 0 Å². The monoisotopic (exact) mass is 265 g/mol. The second-order valence-electron chi connectivity index (χ2n) is 4.20. The third-order valence-corrected chi connectivity index (χ3v) is 4.00. The first-order chi connectivity index (χ1) is 8.70. The highest BCUT2D eigenvalue weighted by Gasteiger charge is 2.35. The Hall–Kier alpha value is -1.20. The maximum absolute atomic E-state index is 9.85. The third-order valence-electron chi connectivity index (χ3n) is 2.89. The molecule has 2 rings (SSSR count). The maximum atomic E-state index is 9.85. The van der Waals surface area contributed by atoms with Gasteiger partial charge in [0.2, 0.25) is 0 Å². The Morgan fingerprint density at radius 1 is 1.44 bits per heavy atom. The number of rotatable bonds is 3. The number of benzene rings is 1. The van der Waals surface area contributed by atoms with E-state index < -0.39 is 12.1 Å². The van der Waals surface area contributed by atoms with E-state index >= 15 is 0 Å². The largest absolute Gasteiger partial charge is 0.390 e. The Morgan fingerprint density at radius 2 is 2.17 bits per heavy atom. The molecule has 4 atom stereocenters. The van der Waals surface area contributed by atoms with Crippen LogP contribution in [-0.4, -0.2) is 28.8 Å². The minimum Gasteiger partial charge on any atom is -0.390 e. The van der Waals surface area contributed by atoms with E-state index in [1.54, 1.807) is 18.7 Å². The molecule has 1 saturated heterocycles. The molecule has 0 amide bonds. The fourth-order valence-corrected chi connectivity index (χ4v) is 3.08. The molecule has 1 aromatic carbocycles. The number of thioether (sulfide) groups is 1. The first-order valence-electron chi connectivity index (χ1n) is 5.80. The van der Waals surface area contributed by atoms with E-state index in [1.165, 1.54) is 0 Å². The summed E-state index contributed by atoms with van der Waals surface area (Å²) < 4.78 is 5.71. The summed E-state index contributed by atoms with van der Waals surface area (Å²) >= 11 is 1.58. The van der Waals surface area contributed by atoms with Crippen LogP contribution in [0.25, 0.3) is 10.4 Å². The topological polar surface area (TPSA) is 78.2 Å². The highest BCUT2D eigenvalue weighted by atomic mass is 32.2. The summed E-state index contributed by atoms with van der Waals surface area (Å²) in [6.07, 6.45) is -0.529. The number of ether oxygens (including phenoxy) is 1. The summed E-state index contributed by atoms with van der Waals surface area (Å²) in [5, 5.41) is 13.5. The van der Waals surface area contributed by atoms with Crippen LogP contribution in [0.3, 0.4) is 0 Å². The predicted octanol–water partition coefficient (Wildman–Crippen LogP) is 2.95. The summed E-state index contributed by atoms with van der Waals surface area (Å²) in [4.78, 5) is 3.89. The highest BCUT2D eigenvalue weighted by Crippen LogP contribution is 2.33. The van der Waals surface area contributed by atoms with Crippen molar-refractivity contribution >= 4 is 11.8 Å². The minimum atomic E-state index is -0.728. The van der Waals surface area contributed by atoms with Crippen LogP contribution in [0.5, 0.6) is 0 Å². The molecule has 6 heteroatoms. The van der Waals surface area contributed by atoms with Crippen molar-refractivity contribution < 1.29 is 9.84 Å². The van der Waals surface area contributed by atoms with Gasteiger partial charge in [0.1, 0.15) is 5.44 Å². The van der Waals surface area contributed by atoms with E-state index in [9.17, 15) is 5.11 Å². The number of hydrogen-bond acceptors (Lipinski definition) is 4. The second kappa shape index (κ2) is 6.11. The molecular weight excluding hydrogens is 250 g/mol. The van der Waals surface area contributed by atoms with E-state index in [0.717, 1.165) is 4.90 Å². The van der Waals surface area contributed by atoms with Crippen LogP contribution in [0.15, 0.2) is 40.3 Å². The zero-order chi connectivity index (χ0) is 13.0. The fourth-order valence-electron chi connectivity index (χ4n) is 1.93. The number of aliphatic hydroxyl groups excluding tert-OH is 1. The average molecular weight is 265 g/mol. The van der Waals surface area contributed by atoms with Crippen molar-refractivity contribution in [3.05, 3.63) is 40.8 Å². The van der Waals surface area contributed by atoms with Crippen LogP contribution in [0, 0.1) is 0 Å². The van der Waals surface area contributed by atoms with Gasteiger partial charge in [-0.25, -0.2) is 0 Å². The highest BCUT2D eigenvalue weighted by molar-refractivity contribution is 7.99. The standard InChI is InChI=1S/C12H15N3O2S/c1-8-12(16)10(14-15-13)7-11(17-8)18-9-5-3-2-4-6-9/h2-6,8,10-12,16H,7H2,1H3/t8-,10+,11+,12+/m1/s1. The van der Waals surface area contributed by atoms with Crippen molar-refractivity contribution in [2.75, 3.05) is 0 Å². The molecule has 0 bridgehead atoms. The van der Waals surface area contributed by atoms with Crippen molar-refractivity contribution in [2.45, 2.75) is 41.9 Å². The molecule has 18 heavy (non-hydrogen) atoms. The van der Waals surface area contributed by atoms with Crippen LogP contribution >= 0.6 is 11.8 Å². The van der Waals surface area contributed by atoms with E-state index in [-0.39, 0.29) is 11.5 Å². The van der Waals surface area contributed by atoms with Gasteiger partial charge in [-0.3, -0.25) is 0 Å². The van der Waals surface area contributed by atoms with Gasteiger partial charge in [0.05, 0.1) is 18.2 Å². The molecule has 5 nitrogen and oxygen atoms in total. The quantitative estimate of drug-likeness (QED) is 0.518. The smallest absolute Gasteiger partial charge is 0.108 e. The van der Waals surface area contributed by atoms with Gasteiger partial charge in [0.15, 0.2) is 0 Å². The summed E-state index contributed by atoms with van der Waals surface area (Å²) in [5.41, 5.74) is 8.40. The zero-order valence-corrected chi connectivity index (χ0v) is 10.8. The van der Waals surface area contributed by atoms with E-state index in [0.29, 0.717) is 6.42 Å². The number of hydrogen-bond donors (Lipinski definition) is 1. The zero-order valence-electron chi connectivity index (χ0n) is 10.0. The lowest BCUT2D eigenvalue weighted by Gasteiger charge is -2.35. The minimum absolute atomic E-state index is 0.0960. The molecule has 1 heterocycles.